The molecule has 0 spiro atoms. The summed E-state index contributed by atoms with van der Waals surface area (Å²) in [5, 5.41) is 0. The predicted octanol–water partition coefficient (Wildman–Crippen LogP) is 2.77. The van der Waals surface area contributed by atoms with E-state index in [1.807, 2.05) is 6.92 Å². The summed E-state index contributed by atoms with van der Waals surface area (Å²) in [5.74, 6) is 0. The van der Waals surface area contributed by atoms with Crippen LogP contribution >= 0.6 is 0 Å². The van der Waals surface area contributed by atoms with Gasteiger partial charge in [0, 0.05) is 11.1 Å². The fourth-order valence-corrected chi connectivity index (χ4v) is 1.49. The van der Waals surface area contributed by atoms with Crippen LogP contribution in [0.1, 0.15) is 32.6 Å². The molecule has 0 aromatic heterocycles. The highest BCUT2D eigenvalue weighted by molar-refractivity contribution is 5.16. The molecule has 0 amide bonds. The van der Waals surface area contributed by atoms with Gasteiger partial charge >= 0.3 is 6.18 Å². The van der Waals surface area contributed by atoms with Crippen molar-refractivity contribution in [1.29, 1.82) is 0 Å². The molecule has 1 unspecified atom stereocenters. The Kier molecular flexibility index (Phi) is 2.71. The minimum atomic E-state index is -4.16. The number of hydrogen-bond acceptors (Lipinski definition) is 1. The van der Waals surface area contributed by atoms with Gasteiger partial charge in [0.05, 0.1) is 0 Å². The number of halogens is 3. The van der Waals surface area contributed by atoms with Crippen LogP contribution in [0.4, 0.5) is 13.2 Å². The van der Waals surface area contributed by atoms with E-state index in [2.05, 4.69) is 0 Å². The first kappa shape index (κ1) is 10.6. The molecule has 0 bridgehead atoms. The van der Waals surface area contributed by atoms with Gasteiger partial charge in [-0.1, -0.05) is 13.0 Å². The summed E-state index contributed by atoms with van der Waals surface area (Å²) < 4.78 is 36.6. The molecule has 2 N–H and O–H groups in total. The molecule has 4 heteroatoms. The summed E-state index contributed by atoms with van der Waals surface area (Å²) in [4.78, 5) is 0. The van der Waals surface area contributed by atoms with E-state index in [0.29, 0.717) is 12.8 Å². The maximum Gasteiger partial charge on any atom is 0.412 e. The third-order valence-electron chi connectivity index (χ3n) is 2.72. The van der Waals surface area contributed by atoms with E-state index in [0.717, 1.165) is 6.42 Å². The number of allylic oxidation sites excluding steroid dienone is 1. The molecule has 1 nitrogen and oxygen atoms in total. The largest absolute Gasteiger partial charge is 0.412 e. The van der Waals surface area contributed by atoms with Crippen molar-refractivity contribution in [2.24, 2.45) is 5.73 Å². The molecule has 1 aliphatic rings. The number of hydrogen-bond donors (Lipinski definition) is 1. The second-order valence-corrected chi connectivity index (χ2v) is 3.65. The Morgan fingerprint density at radius 2 is 2.15 bits per heavy atom. The monoisotopic (exact) mass is 193 g/mol. The lowest BCUT2D eigenvalue weighted by molar-refractivity contribution is -0.0958. The highest BCUT2D eigenvalue weighted by Crippen LogP contribution is 2.36. The third-order valence-corrected chi connectivity index (χ3v) is 2.72. The second kappa shape index (κ2) is 3.33. The van der Waals surface area contributed by atoms with Crippen molar-refractivity contribution in [3.8, 4) is 0 Å². The Labute approximate surface area is 75.8 Å². The van der Waals surface area contributed by atoms with Crippen LogP contribution in [0.3, 0.4) is 0 Å². The zero-order valence-corrected chi connectivity index (χ0v) is 7.62. The van der Waals surface area contributed by atoms with Gasteiger partial charge in [-0.25, -0.2) is 0 Å². The second-order valence-electron chi connectivity index (χ2n) is 3.65. The molecule has 0 aliphatic heterocycles. The summed E-state index contributed by atoms with van der Waals surface area (Å²) in [7, 11) is 0. The van der Waals surface area contributed by atoms with Crippen molar-refractivity contribution in [3.05, 3.63) is 11.6 Å². The summed E-state index contributed by atoms with van der Waals surface area (Å²) in [6, 6.07) is 0. The standard InChI is InChI=1S/C9H14F3N/c1-2-8(13)5-3-7(4-6-8)9(10,11)12/h3H,2,4-6,13H2,1H3. The zero-order valence-electron chi connectivity index (χ0n) is 7.62. The molecule has 0 aromatic carbocycles. The van der Waals surface area contributed by atoms with Crippen molar-refractivity contribution < 1.29 is 13.2 Å². The average molecular weight is 193 g/mol. The lowest BCUT2D eigenvalue weighted by atomic mass is 9.81. The molecular formula is C9H14F3N. The van der Waals surface area contributed by atoms with Crippen molar-refractivity contribution >= 4 is 0 Å². The van der Waals surface area contributed by atoms with E-state index in [4.69, 9.17) is 5.73 Å². The average Bonchev–Trinajstić information content (AvgIpc) is 2.04. The zero-order chi connectivity index (χ0) is 10.1. The van der Waals surface area contributed by atoms with Crippen molar-refractivity contribution in [2.75, 3.05) is 0 Å². The molecule has 76 valence electrons. The number of rotatable bonds is 1. The van der Waals surface area contributed by atoms with Gasteiger partial charge in [-0.3, -0.25) is 0 Å². The minimum Gasteiger partial charge on any atom is -0.325 e. The molecule has 0 heterocycles. The van der Waals surface area contributed by atoms with Gasteiger partial charge < -0.3 is 5.73 Å². The van der Waals surface area contributed by atoms with Gasteiger partial charge in [-0.2, -0.15) is 13.2 Å². The van der Waals surface area contributed by atoms with Crippen molar-refractivity contribution in [3.63, 3.8) is 0 Å². The van der Waals surface area contributed by atoms with Crippen LogP contribution in [0.15, 0.2) is 11.6 Å². The fraction of sp³-hybridized carbons (Fsp3) is 0.778. The quantitative estimate of drug-likeness (QED) is 0.636. The Balaban J connectivity index is 2.68. The lowest BCUT2D eigenvalue weighted by Crippen LogP contribution is -2.41. The Hall–Kier alpha value is -0.510. The normalized spacial score (nSPS) is 30.1. The van der Waals surface area contributed by atoms with Crippen LogP contribution in [0, 0.1) is 0 Å². The highest BCUT2D eigenvalue weighted by Gasteiger charge is 2.37. The van der Waals surface area contributed by atoms with E-state index < -0.39 is 17.3 Å². The van der Waals surface area contributed by atoms with Gasteiger partial charge in [0.2, 0.25) is 0 Å². The first-order chi connectivity index (χ1) is 5.87. The maximum absolute atomic E-state index is 12.2. The van der Waals surface area contributed by atoms with Crippen LogP contribution < -0.4 is 5.73 Å². The summed E-state index contributed by atoms with van der Waals surface area (Å²) in [6.45, 7) is 1.91. The molecule has 0 saturated heterocycles. The Morgan fingerprint density at radius 3 is 2.46 bits per heavy atom. The highest BCUT2D eigenvalue weighted by atomic mass is 19.4. The van der Waals surface area contributed by atoms with Gasteiger partial charge in [0.1, 0.15) is 0 Å². The Bertz CT molecular complexity index is 219. The van der Waals surface area contributed by atoms with E-state index >= 15 is 0 Å². The van der Waals surface area contributed by atoms with Crippen LogP contribution in [0.2, 0.25) is 0 Å². The number of nitrogens with two attached hydrogens (primary N) is 1. The van der Waals surface area contributed by atoms with E-state index in [1.165, 1.54) is 6.08 Å². The molecule has 1 rings (SSSR count). The first-order valence-corrected chi connectivity index (χ1v) is 4.42. The van der Waals surface area contributed by atoms with E-state index in [-0.39, 0.29) is 6.42 Å². The molecule has 13 heavy (non-hydrogen) atoms. The summed E-state index contributed by atoms with van der Waals surface area (Å²) >= 11 is 0. The van der Waals surface area contributed by atoms with E-state index in [9.17, 15) is 13.2 Å². The molecule has 0 fully saturated rings. The lowest BCUT2D eigenvalue weighted by Gasteiger charge is -2.32. The topological polar surface area (TPSA) is 26.0 Å². The van der Waals surface area contributed by atoms with Crippen LogP contribution in [0.25, 0.3) is 0 Å². The SMILES string of the molecule is CCC1(N)CC=C(C(F)(F)F)CC1. The van der Waals surface area contributed by atoms with Gasteiger partial charge in [-0.15, -0.1) is 0 Å². The Morgan fingerprint density at radius 1 is 1.54 bits per heavy atom. The van der Waals surface area contributed by atoms with Gasteiger partial charge in [-0.05, 0) is 25.7 Å². The van der Waals surface area contributed by atoms with Crippen LogP contribution in [-0.4, -0.2) is 11.7 Å². The predicted molar refractivity (Wildman–Crippen MR) is 45.2 cm³/mol. The smallest absolute Gasteiger partial charge is 0.325 e. The van der Waals surface area contributed by atoms with Gasteiger partial charge in [0.25, 0.3) is 0 Å². The van der Waals surface area contributed by atoms with Crippen LogP contribution in [-0.2, 0) is 0 Å². The van der Waals surface area contributed by atoms with E-state index in [1.54, 1.807) is 0 Å². The van der Waals surface area contributed by atoms with Crippen LogP contribution in [0.5, 0.6) is 0 Å². The molecule has 0 saturated carbocycles. The van der Waals surface area contributed by atoms with Gasteiger partial charge in [0.15, 0.2) is 0 Å². The molecular weight excluding hydrogens is 179 g/mol. The summed E-state index contributed by atoms with van der Waals surface area (Å²) in [6.07, 6.45) is -1.34. The maximum atomic E-state index is 12.2. The summed E-state index contributed by atoms with van der Waals surface area (Å²) in [5.41, 5.74) is 5.03. The molecule has 1 atom stereocenters. The van der Waals surface area contributed by atoms with Crippen molar-refractivity contribution in [2.45, 2.75) is 44.3 Å². The minimum absolute atomic E-state index is 0.0633. The fourth-order valence-electron chi connectivity index (χ4n) is 1.49. The van der Waals surface area contributed by atoms with Crippen molar-refractivity contribution in [1.82, 2.24) is 0 Å². The molecule has 0 radical (unpaired) electrons. The third kappa shape index (κ3) is 2.46. The first-order valence-electron chi connectivity index (χ1n) is 4.42. The molecule has 1 aliphatic carbocycles. The molecule has 0 aromatic rings. The number of alkyl halides is 3.